The van der Waals surface area contributed by atoms with Crippen LogP contribution < -0.4 is 0 Å². The molecular formula is C15H24NO2+. The number of carbonyl (C=O) groups is 1. The molecule has 0 spiro atoms. The number of rotatable bonds is 6. The Morgan fingerprint density at radius 2 is 1.56 bits per heavy atom. The Morgan fingerprint density at radius 3 is 1.94 bits per heavy atom. The van der Waals surface area contributed by atoms with Crippen molar-refractivity contribution in [3.63, 3.8) is 0 Å². The summed E-state index contributed by atoms with van der Waals surface area (Å²) in [5, 5.41) is 0. The fourth-order valence-electron chi connectivity index (χ4n) is 2.26. The van der Waals surface area contributed by atoms with Gasteiger partial charge in [-0.3, -0.25) is 0 Å². The van der Waals surface area contributed by atoms with Gasteiger partial charge in [-0.15, -0.1) is 0 Å². The van der Waals surface area contributed by atoms with Gasteiger partial charge in [0.05, 0.1) is 32.3 Å². The van der Waals surface area contributed by atoms with Gasteiger partial charge in [0, 0.05) is 5.56 Å². The summed E-state index contributed by atoms with van der Waals surface area (Å²) in [5.41, 5.74) is 1.89. The van der Waals surface area contributed by atoms with E-state index in [-0.39, 0.29) is 5.97 Å². The smallest absolute Gasteiger partial charge is 0.337 e. The van der Waals surface area contributed by atoms with Crippen molar-refractivity contribution >= 4 is 5.97 Å². The number of hydrogen-bond donors (Lipinski definition) is 0. The second-order valence-corrected chi connectivity index (χ2v) is 4.64. The molecule has 0 saturated heterocycles. The van der Waals surface area contributed by atoms with E-state index < -0.39 is 0 Å². The minimum absolute atomic E-state index is 0.274. The highest BCUT2D eigenvalue weighted by Crippen LogP contribution is 2.15. The normalized spacial score (nSPS) is 11.3. The Bertz CT molecular complexity index is 372. The number of methoxy groups -OCH3 is 1. The van der Waals surface area contributed by atoms with Crippen molar-refractivity contribution in [2.75, 3.05) is 26.7 Å². The second-order valence-electron chi connectivity index (χ2n) is 4.64. The van der Waals surface area contributed by atoms with E-state index in [1.165, 1.54) is 12.7 Å². The molecule has 0 saturated carbocycles. The molecule has 18 heavy (non-hydrogen) atoms. The van der Waals surface area contributed by atoms with Crippen LogP contribution in [0.25, 0.3) is 0 Å². The summed E-state index contributed by atoms with van der Waals surface area (Å²) in [6.45, 7) is 11.1. The van der Waals surface area contributed by atoms with Gasteiger partial charge < -0.3 is 9.22 Å². The van der Waals surface area contributed by atoms with Crippen LogP contribution in [0.4, 0.5) is 0 Å². The van der Waals surface area contributed by atoms with Crippen LogP contribution in [0.15, 0.2) is 24.3 Å². The van der Waals surface area contributed by atoms with Crippen molar-refractivity contribution in [1.29, 1.82) is 0 Å². The fraction of sp³-hybridized carbons (Fsp3) is 0.533. The zero-order valence-corrected chi connectivity index (χ0v) is 11.9. The zero-order chi connectivity index (χ0) is 13.6. The number of quaternary nitrogens is 1. The maximum Gasteiger partial charge on any atom is 0.337 e. The molecule has 0 heterocycles. The van der Waals surface area contributed by atoms with Crippen LogP contribution in [0, 0.1) is 0 Å². The highest BCUT2D eigenvalue weighted by molar-refractivity contribution is 5.89. The summed E-state index contributed by atoms with van der Waals surface area (Å²) < 4.78 is 5.78. The van der Waals surface area contributed by atoms with Gasteiger partial charge >= 0.3 is 5.97 Å². The largest absolute Gasteiger partial charge is 0.465 e. The highest BCUT2D eigenvalue weighted by Gasteiger charge is 2.21. The van der Waals surface area contributed by atoms with Gasteiger partial charge in [-0.1, -0.05) is 12.1 Å². The number of hydrogen-bond acceptors (Lipinski definition) is 2. The predicted molar refractivity (Wildman–Crippen MR) is 73.4 cm³/mol. The Labute approximate surface area is 110 Å². The summed E-state index contributed by atoms with van der Waals surface area (Å²) >= 11 is 0. The van der Waals surface area contributed by atoms with E-state index >= 15 is 0 Å². The van der Waals surface area contributed by atoms with Gasteiger partial charge in [0.2, 0.25) is 0 Å². The molecule has 0 bridgehead atoms. The highest BCUT2D eigenvalue weighted by atomic mass is 16.5. The summed E-state index contributed by atoms with van der Waals surface area (Å²) in [7, 11) is 1.41. The SMILES string of the molecule is CC[N+](CC)(CC)Cc1ccc(C(=O)OC)cc1. The molecule has 0 aliphatic heterocycles. The van der Waals surface area contributed by atoms with E-state index in [4.69, 9.17) is 4.74 Å². The summed E-state index contributed by atoms with van der Waals surface area (Å²) in [6, 6.07) is 7.74. The molecule has 0 radical (unpaired) electrons. The van der Waals surface area contributed by atoms with Gasteiger partial charge in [-0.25, -0.2) is 4.79 Å². The molecule has 3 heteroatoms. The second kappa shape index (κ2) is 6.55. The van der Waals surface area contributed by atoms with Crippen LogP contribution in [0.1, 0.15) is 36.7 Å². The van der Waals surface area contributed by atoms with E-state index in [9.17, 15) is 4.79 Å². The molecule has 0 fully saturated rings. The molecular weight excluding hydrogens is 226 g/mol. The molecule has 0 atom stereocenters. The van der Waals surface area contributed by atoms with Gasteiger partial charge in [-0.2, -0.15) is 0 Å². The van der Waals surface area contributed by atoms with Crippen molar-refractivity contribution in [3.8, 4) is 0 Å². The Morgan fingerprint density at radius 1 is 1.06 bits per heavy atom. The molecule has 1 aromatic carbocycles. The van der Waals surface area contributed by atoms with Crippen LogP contribution in [-0.4, -0.2) is 37.2 Å². The quantitative estimate of drug-likeness (QED) is 0.573. The first-order valence-corrected chi connectivity index (χ1v) is 6.63. The average Bonchev–Trinajstić information content (AvgIpc) is 2.45. The third-order valence-corrected chi connectivity index (χ3v) is 3.91. The van der Waals surface area contributed by atoms with E-state index in [1.807, 2.05) is 24.3 Å². The lowest BCUT2D eigenvalue weighted by molar-refractivity contribution is -0.936. The first-order valence-electron chi connectivity index (χ1n) is 6.63. The lowest BCUT2D eigenvalue weighted by atomic mass is 10.1. The first kappa shape index (κ1) is 14.7. The van der Waals surface area contributed by atoms with Crippen molar-refractivity contribution in [1.82, 2.24) is 0 Å². The molecule has 0 amide bonds. The minimum Gasteiger partial charge on any atom is -0.465 e. The third-order valence-electron chi connectivity index (χ3n) is 3.91. The van der Waals surface area contributed by atoms with Crippen molar-refractivity contribution < 1.29 is 14.0 Å². The molecule has 0 unspecified atom stereocenters. The van der Waals surface area contributed by atoms with Crippen LogP contribution in [0.3, 0.4) is 0 Å². The fourth-order valence-corrected chi connectivity index (χ4v) is 2.26. The van der Waals surface area contributed by atoms with E-state index in [0.717, 1.165) is 30.7 Å². The van der Waals surface area contributed by atoms with Crippen molar-refractivity contribution in [2.45, 2.75) is 27.3 Å². The van der Waals surface area contributed by atoms with E-state index in [2.05, 4.69) is 20.8 Å². The summed E-state index contributed by atoms with van der Waals surface area (Å²) in [6.07, 6.45) is 0. The lowest BCUT2D eigenvalue weighted by Gasteiger charge is -2.35. The molecule has 0 aromatic heterocycles. The van der Waals surface area contributed by atoms with Crippen LogP contribution in [-0.2, 0) is 11.3 Å². The number of ether oxygens (including phenoxy) is 1. The molecule has 3 nitrogen and oxygen atoms in total. The van der Waals surface area contributed by atoms with Crippen molar-refractivity contribution in [3.05, 3.63) is 35.4 Å². The minimum atomic E-state index is -0.274. The van der Waals surface area contributed by atoms with Gasteiger partial charge in [-0.05, 0) is 32.9 Å². The van der Waals surface area contributed by atoms with Gasteiger partial charge in [0.1, 0.15) is 6.54 Å². The molecule has 0 aliphatic rings. The summed E-state index contributed by atoms with van der Waals surface area (Å²) in [4.78, 5) is 11.4. The maximum absolute atomic E-state index is 11.4. The van der Waals surface area contributed by atoms with Crippen molar-refractivity contribution in [2.24, 2.45) is 0 Å². The summed E-state index contributed by atoms with van der Waals surface area (Å²) in [5.74, 6) is -0.274. The molecule has 0 N–H and O–H groups in total. The van der Waals surface area contributed by atoms with E-state index in [0.29, 0.717) is 5.56 Å². The predicted octanol–water partition coefficient (Wildman–Crippen LogP) is 2.85. The molecule has 0 aliphatic carbocycles. The molecule has 100 valence electrons. The average molecular weight is 250 g/mol. The maximum atomic E-state index is 11.4. The van der Waals surface area contributed by atoms with Crippen LogP contribution in [0.5, 0.6) is 0 Å². The Balaban J connectivity index is 2.83. The van der Waals surface area contributed by atoms with Crippen LogP contribution in [0.2, 0.25) is 0 Å². The third kappa shape index (κ3) is 3.33. The Hall–Kier alpha value is -1.35. The standard InChI is InChI=1S/C15H24NO2/c1-5-16(6-2,7-3)12-13-8-10-14(11-9-13)15(17)18-4/h8-11H,5-7,12H2,1-4H3/q+1. The number of esters is 1. The monoisotopic (exact) mass is 250 g/mol. The Kier molecular flexibility index (Phi) is 5.35. The zero-order valence-electron chi connectivity index (χ0n) is 11.9. The first-order chi connectivity index (χ1) is 8.60. The topological polar surface area (TPSA) is 26.3 Å². The van der Waals surface area contributed by atoms with E-state index in [1.54, 1.807) is 0 Å². The van der Waals surface area contributed by atoms with Gasteiger partial charge in [0.15, 0.2) is 0 Å². The number of nitrogens with zero attached hydrogens (tertiary/aromatic N) is 1. The number of benzene rings is 1. The number of carbonyl (C=O) groups excluding carboxylic acids is 1. The van der Waals surface area contributed by atoms with Gasteiger partial charge in [0.25, 0.3) is 0 Å². The molecule has 1 rings (SSSR count). The molecule has 1 aromatic rings. The lowest BCUT2D eigenvalue weighted by Crippen LogP contribution is -2.46. The van der Waals surface area contributed by atoms with Crippen LogP contribution >= 0.6 is 0 Å².